The highest BCUT2D eigenvalue weighted by Gasteiger charge is 2.26. The molecule has 3 aromatic rings. The van der Waals surface area contributed by atoms with Gasteiger partial charge in [0, 0.05) is 22.6 Å². The van der Waals surface area contributed by atoms with Gasteiger partial charge in [-0.3, -0.25) is 4.79 Å². The molecule has 0 aromatic heterocycles. The summed E-state index contributed by atoms with van der Waals surface area (Å²) in [4.78, 5) is 12.6. The molecule has 7 heteroatoms. The number of nitrogens with zero attached hydrogens (tertiary/aromatic N) is 1. The summed E-state index contributed by atoms with van der Waals surface area (Å²) >= 11 is 6.27. The maximum Gasteiger partial charge on any atom is 0.240 e. The van der Waals surface area contributed by atoms with Crippen molar-refractivity contribution in [2.75, 3.05) is 7.11 Å². The van der Waals surface area contributed by atoms with E-state index in [-0.39, 0.29) is 29.8 Å². The molecule has 0 saturated carbocycles. The summed E-state index contributed by atoms with van der Waals surface area (Å²) in [7, 11) is 1.57. The number of hydrogen-bond donors (Lipinski definition) is 2. The first-order valence-corrected chi connectivity index (χ1v) is 13.4. The Labute approximate surface area is 237 Å². The predicted octanol–water partition coefficient (Wildman–Crippen LogP) is 7.31. The fraction of sp³-hybridized carbons (Fsp3) is 0.375. The summed E-state index contributed by atoms with van der Waals surface area (Å²) in [5.74, 6) is 1.18. The van der Waals surface area contributed by atoms with Gasteiger partial charge in [-0.25, -0.2) is 5.43 Å². The molecule has 0 atom stereocenters. The molecular weight excluding hydrogens is 512 g/mol. The first kappa shape index (κ1) is 30.0. The number of ether oxygens (including phenoxy) is 2. The smallest absolute Gasteiger partial charge is 0.240 e. The third-order valence-corrected chi connectivity index (χ3v) is 6.75. The number of halogens is 1. The van der Waals surface area contributed by atoms with E-state index in [1.54, 1.807) is 19.4 Å². The van der Waals surface area contributed by atoms with E-state index in [9.17, 15) is 9.90 Å². The normalized spacial score (nSPS) is 12.0. The zero-order chi connectivity index (χ0) is 28.8. The highest BCUT2D eigenvalue weighted by molar-refractivity contribution is 6.31. The van der Waals surface area contributed by atoms with Crippen molar-refractivity contribution in [3.05, 3.63) is 87.4 Å². The number of hydrazone groups is 1. The lowest BCUT2D eigenvalue weighted by molar-refractivity contribution is -0.121. The molecule has 0 aliphatic heterocycles. The van der Waals surface area contributed by atoms with Crippen molar-refractivity contribution in [1.82, 2.24) is 5.43 Å². The Morgan fingerprint density at radius 1 is 1.00 bits per heavy atom. The molecule has 0 radical (unpaired) electrons. The van der Waals surface area contributed by atoms with Crippen LogP contribution in [0.5, 0.6) is 17.2 Å². The van der Waals surface area contributed by atoms with Gasteiger partial charge < -0.3 is 14.6 Å². The largest absolute Gasteiger partial charge is 0.507 e. The highest BCUT2D eigenvalue weighted by Crippen LogP contribution is 2.40. The third-order valence-electron chi connectivity index (χ3n) is 6.38. The molecule has 0 spiro atoms. The highest BCUT2D eigenvalue weighted by atomic mass is 35.5. The number of aromatic hydroxyl groups is 1. The van der Waals surface area contributed by atoms with Crippen LogP contribution in [0.25, 0.3) is 0 Å². The van der Waals surface area contributed by atoms with E-state index in [4.69, 9.17) is 21.1 Å². The van der Waals surface area contributed by atoms with Gasteiger partial charge in [-0.05, 0) is 52.1 Å². The van der Waals surface area contributed by atoms with Gasteiger partial charge in [0.1, 0.15) is 12.4 Å². The van der Waals surface area contributed by atoms with Crippen molar-refractivity contribution in [3.8, 4) is 17.2 Å². The van der Waals surface area contributed by atoms with Crippen LogP contribution in [-0.2, 0) is 28.7 Å². The van der Waals surface area contributed by atoms with Crippen LogP contribution in [0.2, 0.25) is 5.02 Å². The van der Waals surface area contributed by atoms with Crippen LogP contribution >= 0.6 is 11.6 Å². The zero-order valence-corrected chi connectivity index (χ0v) is 24.6. The van der Waals surface area contributed by atoms with Crippen LogP contribution in [-0.4, -0.2) is 24.3 Å². The van der Waals surface area contributed by atoms with Crippen LogP contribution in [0.4, 0.5) is 0 Å². The van der Waals surface area contributed by atoms with Gasteiger partial charge in [-0.15, -0.1) is 0 Å². The molecule has 0 bridgehead atoms. The summed E-state index contributed by atoms with van der Waals surface area (Å²) in [6.45, 7) is 12.7. The Morgan fingerprint density at radius 2 is 1.64 bits per heavy atom. The second kappa shape index (κ2) is 12.6. The Kier molecular flexibility index (Phi) is 9.68. The lowest BCUT2D eigenvalue weighted by atomic mass is 9.78. The standard InChI is InChI=1S/C32H39ClN2O4/c1-31(2,3)24-17-21(18-25(29(24)37)32(4,5)6)15-16-28(36)35-34-19-22-12-10-14-27(38-7)30(22)39-20-23-11-8-9-13-26(23)33/h8-14,17-19,37H,15-16,20H2,1-7H3,(H,35,36)/b34-19-. The Bertz CT molecular complexity index is 1300. The Hall–Kier alpha value is -3.51. The molecule has 0 aliphatic carbocycles. The first-order valence-electron chi connectivity index (χ1n) is 13.0. The number of methoxy groups -OCH3 is 1. The second-order valence-corrected chi connectivity index (χ2v) is 12.0. The van der Waals surface area contributed by atoms with Crippen LogP contribution < -0.4 is 14.9 Å². The number of benzene rings is 3. The van der Waals surface area contributed by atoms with Gasteiger partial charge in [0.2, 0.25) is 5.91 Å². The van der Waals surface area contributed by atoms with E-state index >= 15 is 0 Å². The summed E-state index contributed by atoms with van der Waals surface area (Å²) in [5, 5.41) is 15.7. The molecule has 0 fully saturated rings. The minimum Gasteiger partial charge on any atom is -0.507 e. The Balaban J connectivity index is 1.70. The number of para-hydroxylation sites is 1. The molecule has 0 aliphatic rings. The molecule has 1 amide bonds. The molecule has 0 heterocycles. The van der Waals surface area contributed by atoms with Crippen molar-refractivity contribution < 1.29 is 19.4 Å². The molecule has 0 saturated heterocycles. The molecule has 2 N–H and O–H groups in total. The van der Waals surface area contributed by atoms with Gasteiger partial charge in [0.05, 0.1) is 13.3 Å². The maximum absolute atomic E-state index is 12.6. The lowest BCUT2D eigenvalue weighted by Gasteiger charge is -2.28. The van der Waals surface area contributed by atoms with E-state index in [2.05, 4.69) is 52.1 Å². The quantitative estimate of drug-likeness (QED) is 0.216. The Morgan fingerprint density at radius 3 is 2.23 bits per heavy atom. The molecule has 39 heavy (non-hydrogen) atoms. The first-order chi connectivity index (χ1) is 18.3. The molecule has 3 aromatic carbocycles. The summed E-state index contributed by atoms with van der Waals surface area (Å²) in [6.07, 6.45) is 2.32. The third kappa shape index (κ3) is 7.99. The fourth-order valence-electron chi connectivity index (χ4n) is 4.18. The maximum atomic E-state index is 12.6. The number of carbonyl (C=O) groups is 1. The van der Waals surface area contributed by atoms with Crippen LogP contribution in [0.3, 0.4) is 0 Å². The summed E-state index contributed by atoms with van der Waals surface area (Å²) < 4.78 is 11.5. The van der Waals surface area contributed by atoms with Crippen molar-refractivity contribution in [1.29, 1.82) is 0 Å². The van der Waals surface area contributed by atoms with E-state index in [1.807, 2.05) is 48.5 Å². The number of rotatable bonds is 9. The SMILES string of the molecule is COc1cccc(/C=N\NC(=O)CCc2cc(C(C)(C)C)c(O)c(C(C)(C)C)c2)c1OCc1ccccc1Cl. The van der Waals surface area contributed by atoms with E-state index in [0.717, 1.165) is 22.3 Å². The lowest BCUT2D eigenvalue weighted by Crippen LogP contribution is -2.20. The minimum absolute atomic E-state index is 0.213. The molecule has 0 unspecified atom stereocenters. The summed E-state index contributed by atoms with van der Waals surface area (Å²) in [6, 6.07) is 16.9. The molecule has 208 valence electrons. The number of amides is 1. The molecular formula is C32H39ClN2O4. The number of phenols is 1. The summed E-state index contributed by atoms with van der Waals surface area (Å²) in [5.41, 5.74) is 6.43. The average Bonchev–Trinajstić information content (AvgIpc) is 2.86. The average molecular weight is 551 g/mol. The fourth-order valence-corrected chi connectivity index (χ4v) is 4.37. The van der Waals surface area contributed by atoms with Gasteiger partial charge in [-0.2, -0.15) is 5.10 Å². The van der Waals surface area contributed by atoms with Crippen molar-refractivity contribution in [2.45, 2.75) is 71.8 Å². The number of hydrogen-bond acceptors (Lipinski definition) is 5. The van der Waals surface area contributed by atoms with Crippen LogP contribution in [0.1, 0.15) is 75.8 Å². The predicted molar refractivity (Wildman–Crippen MR) is 158 cm³/mol. The van der Waals surface area contributed by atoms with Gasteiger partial charge in [0.15, 0.2) is 11.5 Å². The van der Waals surface area contributed by atoms with Crippen LogP contribution in [0, 0.1) is 0 Å². The second-order valence-electron chi connectivity index (χ2n) is 11.6. The van der Waals surface area contributed by atoms with Crippen LogP contribution in [0.15, 0.2) is 59.7 Å². The van der Waals surface area contributed by atoms with E-state index in [0.29, 0.717) is 34.3 Å². The minimum atomic E-state index is -0.227. The monoisotopic (exact) mass is 550 g/mol. The van der Waals surface area contributed by atoms with Crippen molar-refractivity contribution in [3.63, 3.8) is 0 Å². The van der Waals surface area contributed by atoms with E-state index in [1.165, 1.54) is 0 Å². The van der Waals surface area contributed by atoms with Gasteiger partial charge >= 0.3 is 0 Å². The molecule has 3 rings (SSSR count). The molecule has 6 nitrogen and oxygen atoms in total. The van der Waals surface area contributed by atoms with Gasteiger partial charge in [0.25, 0.3) is 0 Å². The van der Waals surface area contributed by atoms with E-state index < -0.39 is 0 Å². The number of phenolic OH excluding ortho intramolecular Hbond substituents is 1. The topological polar surface area (TPSA) is 80.2 Å². The number of carbonyl (C=O) groups excluding carboxylic acids is 1. The van der Waals surface area contributed by atoms with Crippen molar-refractivity contribution in [2.24, 2.45) is 5.10 Å². The van der Waals surface area contributed by atoms with Crippen molar-refractivity contribution >= 4 is 23.7 Å². The number of aryl methyl sites for hydroxylation is 1. The number of nitrogens with one attached hydrogen (secondary N) is 1. The zero-order valence-electron chi connectivity index (χ0n) is 23.9. The van der Waals surface area contributed by atoms with Gasteiger partial charge in [-0.1, -0.05) is 89.5 Å².